The molecule has 5 rings (SSSR count). The van der Waals surface area contributed by atoms with Gasteiger partial charge in [0, 0.05) is 30.2 Å². The molecule has 3 fully saturated rings. The first-order chi connectivity index (χ1) is 13.8. The van der Waals surface area contributed by atoms with Crippen LogP contribution in [0.15, 0.2) is 42.7 Å². The van der Waals surface area contributed by atoms with E-state index in [4.69, 9.17) is 17.2 Å². The topological polar surface area (TPSA) is 33.1 Å². The number of rotatable bonds is 4. The van der Waals surface area contributed by atoms with Gasteiger partial charge in [0.25, 0.3) is 0 Å². The van der Waals surface area contributed by atoms with Gasteiger partial charge in [-0.3, -0.25) is 4.98 Å². The Labute approximate surface area is 173 Å². The van der Waals surface area contributed by atoms with E-state index < -0.39 is 0 Å². The second-order valence-electron chi connectivity index (χ2n) is 8.60. The normalized spacial score (nSPS) is 26.7. The summed E-state index contributed by atoms with van der Waals surface area (Å²) in [6.45, 7) is 0. The molecule has 3 heterocycles. The van der Waals surface area contributed by atoms with E-state index in [0.29, 0.717) is 12.1 Å². The standard InChI is InChI=1S/C23H30N4S/c28-23-25-21(19-13-6-7-15-24-19)22(27(23)18-11-4-5-12-18)20-14-8-16-26(20)17-9-2-1-3-10-17/h6-8,13-18,21-22H,1-5,9-12H2,(H,25,28). The van der Waals surface area contributed by atoms with E-state index in [1.54, 1.807) is 0 Å². The lowest BCUT2D eigenvalue weighted by Crippen LogP contribution is -2.38. The largest absolute Gasteiger partial charge is 0.352 e. The lowest BCUT2D eigenvalue weighted by Gasteiger charge is -2.35. The summed E-state index contributed by atoms with van der Waals surface area (Å²) in [6, 6.07) is 12.3. The van der Waals surface area contributed by atoms with Crippen molar-refractivity contribution in [1.29, 1.82) is 0 Å². The highest BCUT2D eigenvalue weighted by Crippen LogP contribution is 2.44. The predicted molar refractivity (Wildman–Crippen MR) is 116 cm³/mol. The molecule has 2 atom stereocenters. The minimum atomic E-state index is 0.117. The fraction of sp³-hybridized carbons (Fsp3) is 0.565. The molecule has 0 spiro atoms. The maximum atomic E-state index is 5.88. The third kappa shape index (κ3) is 3.24. The zero-order chi connectivity index (χ0) is 18.9. The van der Waals surface area contributed by atoms with E-state index >= 15 is 0 Å². The first-order valence-electron chi connectivity index (χ1n) is 11.0. The minimum Gasteiger partial charge on any atom is -0.352 e. The molecule has 28 heavy (non-hydrogen) atoms. The van der Waals surface area contributed by atoms with E-state index in [1.807, 2.05) is 12.3 Å². The Morgan fingerprint density at radius 2 is 1.64 bits per heavy atom. The lowest BCUT2D eigenvalue weighted by atomic mass is 9.94. The zero-order valence-corrected chi connectivity index (χ0v) is 17.3. The van der Waals surface area contributed by atoms with Crippen LogP contribution in [0.1, 0.15) is 87.3 Å². The molecule has 2 aromatic rings. The highest BCUT2D eigenvalue weighted by atomic mass is 32.1. The van der Waals surface area contributed by atoms with E-state index in [0.717, 1.165) is 10.8 Å². The van der Waals surface area contributed by atoms with Crippen LogP contribution < -0.4 is 5.32 Å². The van der Waals surface area contributed by atoms with Gasteiger partial charge in [-0.25, -0.2) is 0 Å². The zero-order valence-electron chi connectivity index (χ0n) is 16.5. The van der Waals surface area contributed by atoms with Crippen molar-refractivity contribution in [1.82, 2.24) is 19.8 Å². The lowest BCUT2D eigenvalue weighted by molar-refractivity contribution is 0.227. The van der Waals surface area contributed by atoms with Crippen molar-refractivity contribution in [3.05, 3.63) is 54.1 Å². The number of hydrogen-bond donors (Lipinski definition) is 1. The highest BCUT2D eigenvalue weighted by molar-refractivity contribution is 7.80. The SMILES string of the molecule is S=C1NC(c2ccccn2)C(c2cccn2C2CCCCC2)N1C1CCCC1. The van der Waals surface area contributed by atoms with Crippen LogP contribution >= 0.6 is 12.2 Å². The van der Waals surface area contributed by atoms with Crippen molar-refractivity contribution in [2.75, 3.05) is 0 Å². The van der Waals surface area contributed by atoms with Crippen molar-refractivity contribution < 1.29 is 0 Å². The molecule has 0 radical (unpaired) electrons. The molecule has 2 saturated carbocycles. The maximum absolute atomic E-state index is 5.88. The number of aromatic nitrogens is 2. The molecule has 0 aromatic carbocycles. The molecule has 3 aliphatic rings. The molecule has 2 aliphatic carbocycles. The fourth-order valence-corrected chi connectivity index (χ4v) is 6.00. The average Bonchev–Trinajstić information content (AvgIpc) is 3.48. The van der Waals surface area contributed by atoms with E-state index in [-0.39, 0.29) is 12.1 Å². The number of hydrogen-bond acceptors (Lipinski definition) is 2. The Bertz CT molecular complexity index is 805. The molecule has 0 bridgehead atoms. The Balaban J connectivity index is 1.55. The average molecular weight is 395 g/mol. The minimum absolute atomic E-state index is 0.117. The van der Waals surface area contributed by atoms with Crippen LogP contribution in [0.5, 0.6) is 0 Å². The Hall–Kier alpha value is -1.88. The third-order valence-electron chi connectivity index (χ3n) is 6.94. The number of nitrogens with one attached hydrogen (secondary N) is 1. The molecular formula is C23H30N4S. The number of pyridine rings is 1. The maximum Gasteiger partial charge on any atom is 0.170 e. The van der Waals surface area contributed by atoms with E-state index in [2.05, 4.69) is 45.2 Å². The van der Waals surface area contributed by atoms with E-state index in [9.17, 15) is 0 Å². The van der Waals surface area contributed by atoms with Gasteiger partial charge in [0.15, 0.2) is 5.11 Å². The molecule has 5 heteroatoms. The number of thiocarbonyl (C=S) groups is 1. The molecule has 2 aromatic heterocycles. The van der Waals surface area contributed by atoms with Gasteiger partial charge in [-0.1, -0.05) is 38.2 Å². The quantitative estimate of drug-likeness (QED) is 0.713. The van der Waals surface area contributed by atoms with Crippen LogP contribution in [0, 0.1) is 0 Å². The summed E-state index contributed by atoms with van der Waals surface area (Å²) in [5.41, 5.74) is 2.49. The van der Waals surface area contributed by atoms with Crippen LogP contribution in [-0.2, 0) is 0 Å². The summed E-state index contributed by atoms with van der Waals surface area (Å²) in [7, 11) is 0. The van der Waals surface area contributed by atoms with Crippen LogP contribution in [0.4, 0.5) is 0 Å². The van der Waals surface area contributed by atoms with Crippen LogP contribution in [0.2, 0.25) is 0 Å². The summed E-state index contributed by atoms with van der Waals surface area (Å²) in [5.74, 6) is 0. The van der Waals surface area contributed by atoms with Gasteiger partial charge in [-0.2, -0.15) is 0 Å². The Morgan fingerprint density at radius 3 is 2.39 bits per heavy atom. The first kappa shape index (κ1) is 18.2. The first-order valence-corrected chi connectivity index (χ1v) is 11.4. The van der Waals surface area contributed by atoms with Crippen molar-refractivity contribution in [2.45, 2.75) is 82.0 Å². The smallest absolute Gasteiger partial charge is 0.170 e. The van der Waals surface area contributed by atoms with Crippen LogP contribution in [0.25, 0.3) is 0 Å². The molecule has 1 N–H and O–H groups in total. The van der Waals surface area contributed by atoms with Crippen LogP contribution in [0.3, 0.4) is 0 Å². The Morgan fingerprint density at radius 1 is 0.893 bits per heavy atom. The molecule has 0 amide bonds. The van der Waals surface area contributed by atoms with Gasteiger partial charge in [0.2, 0.25) is 0 Å². The van der Waals surface area contributed by atoms with Gasteiger partial charge in [-0.15, -0.1) is 0 Å². The number of nitrogens with zero attached hydrogens (tertiary/aromatic N) is 3. The molecule has 2 unspecified atom stereocenters. The van der Waals surface area contributed by atoms with Crippen molar-refractivity contribution in [2.24, 2.45) is 0 Å². The summed E-state index contributed by atoms with van der Waals surface area (Å²) in [5, 5.41) is 4.55. The fourth-order valence-electron chi connectivity index (χ4n) is 5.61. The van der Waals surface area contributed by atoms with Gasteiger partial charge in [-0.05, 0) is 62.2 Å². The summed E-state index contributed by atoms with van der Waals surface area (Å²) < 4.78 is 2.57. The van der Waals surface area contributed by atoms with Crippen molar-refractivity contribution in [3.63, 3.8) is 0 Å². The third-order valence-corrected chi connectivity index (χ3v) is 7.26. The molecule has 1 aliphatic heterocycles. The predicted octanol–water partition coefficient (Wildman–Crippen LogP) is 5.30. The summed E-state index contributed by atoms with van der Waals surface area (Å²) in [4.78, 5) is 7.22. The Kier molecular flexibility index (Phi) is 5.10. The van der Waals surface area contributed by atoms with Crippen LogP contribution in [-0.4, -0.2) is 25.6 Å². The molecule has 4 nitrogen and oxygen atoms in total. The monoisotopic (exact) mass is 394 g/mol. The summed E-state index contributed by atoms with van der Waals surface area (Å²) >= 11 is 5.88. The molecular weight excluding hydrogens is 364 g/mol. The van der Waals surface area contributed by atoms with Crippen molar-refractivity contribution >= 4 is 17.3 Å². The van der Waals surface area contributed by atoms with Gasteiger partial charge >= 0.3 is 0 Å². The van der Waals surface area contributed by atoms with Crippen molar-refractivity contribution in [3.8, 4) is 0 Å². The van der Waals surface area contributed by atoms with E-state index in [1.165, 1.54) is 63.5 Å². The highest BCUT2D eigenvalue weighted by Gasteiger charge is 2.45. The molecule has 1 saturated heterocycles. The van der Waals surface area contributed by atoms with Gasteiger partial charge in [0.1, 0.15) is 0 Å². The second-order valence-corrected chi connectivity index (χ2v) is 8.99. The molecule has 148 valence electrons. The van der Waals surface area contributed by atoms with Gasteiger partial charge < -0.3 is 14.8 Å². The second kappa shape index (κ2) is 7.86. The summed E-state index contributed by atoms with van der Waals surface area (Å²) in [6.07, 6.45) is 16.0. The van der Waals surface area contributed by atoms with Gasteiger partial charge in [0.05, 0.1) is 17.8 Å².